The fourth-order valence-electron chi connectivity index (χ4n) is 1.48. The molecule has 1 unspecified atom stereocenters. The first-order chi connectivity index (χ1) is 8.38. The van der Waals surface area contributed by atoms with Crippen LogP contribution in [-0.2, 0) is 0 Å². The molecule has 0 fully saturated rings. The molecule has 1 aromatic heterocycles. The highest BCUT2D eigenvalue weighted by Crippen LogP contribution is 2.30. The second-order valence-electron chi connectivity index (χ2n) is 5.31. The minimum Gasteiger partial charge on any atom is -0.337 e. The molecule has 4 nitrogen and oxygen atoms in total. The van der Waals surface area contributed by atoms with Crippen LogP contribution in [0.1, 0.15) is 32.7 Å². The summed E-state index contributed by atoms with van der Waals surface area (Å²) in [6, 6.07) is 7.02. The van der Waals surface area contributed by atoms with Crippen molar-refractivity contribution in [3.05, 3.63) is 35.2 Å². The topological polar surface area (TPSA) is 64.9 Å². The highest BCUT2D eigenvalue weighted by atomic mass is 35.5. The Bertz CT molecular complexity index is 545. The highest BCUT2D eigenvalue weighted by molar-refractivity contribution is 6.30. The van der Waals surface area contributed by atoms with Gasteiger partial charge in [0.05, 0.1) is 6.04 Å². The quantitative estimate of drug-likeness (QED) is 0.903. The van der Waals surface area contributed by atoms with E-state index in [1.54, 1.807) is 12.1 Å². The maximum atomic E-state index is 6.07. The van der Waals surface area contributed by atoms with Gasteiger partial charge in [-0.1, -0.05) is 49.7 Å². The van der Waals surface area contributed by atoms with Crippen LogP contribution in [0, 0.1) is 5.41 Å². The molecule has 5 heteroatoms. The van der Waals surface area contributed by atoms with Gasteiger partial charge in [-0.25, -0.2) is 0 Å². The molecule has 0 aliphatic carbocycles. The standard InChI is InChI=1S/C13H16ClN3O/c1-13(2,3)10(15)12-16-11(17-18-12)8-5-4-6-9(14)7-8/h4-7,10H,15H2,1-3H3. The third-order valence-electron chi connectivity index (χ3n) is 2.72. The van der Waals surface area contributed by atoms with E-state index in [0.717, 1.165) is 5.56 Å². The highest BCUT2D eigenvalue weighted by Gasteiger charge is 2.27. The van der Waals surface area contributed by atoms with E-state index in [2.05, 4.69) is 10.1 Å². The molecule has 2 aromatic rings. The van der Waals surface area contributed by atoms with E-state index in [1.165, 1.54) is 0 Å². The molecule has 0 radical (unpaired) electrons. The Morgan fingerprint density at radius 3 is 2.67 bits per heavy atom. The van der Waals surface area contributed by atoms with E-state index in [-0.39, 0.29) is 11.5 Å². The predicted octanol–water partition coefficient (Wildman–Crippen LogP) is 3.44. The molecule has 0 aliphatic heterocycles. The number of rotatable bonds is 2. The third kappa shape index (κ3) is 2.71. The van der Waals surface area contributed by atoms with Gasteiger partial charge in [0.15, 0.2) is 0 Å². The summed E-state index contributed by atoms with van der Waals surface area (Å²) in [7, 11) is 0. The second-order valence-corrected chi connectivity index (χ2v) is 5.75. The molecule has 0 spiro atoms. The van der Waals surface area contributed by atoms with Crippen LogP contribution in [0.15, 0.2) is 28.8 Å². The van der Waals surface area contributed by atoms with Crippen molar-refractivity contribution in [2.45, 2.75) is 26.8 Å². The summed E-state index contributed by atoms with van der Waals surface area (Å²) in [6.45, 7) is 6.09. The zero-order valence-corrected chi connectivity index (χ0v) is 11.4. The zero-order valence-electron chi connectivity index (χ0n) is 10.6. The number of benzene rings is 1. The molecular weight excluding hydrogens is 250 g/mol. The van der Waals surface area contributed by atoms with Gasteiger partial charge in [-0.05, 0) is 17.5 Å². The minimum atomic E-state index is -0.294. The Labute approximate surface area is 111 Å². The summed E-state index contributed by atoms with van der Waals surface area (Å²) >= 11 is 5.93. The van der Waals surface area contributed by atoms with Crippen LogP contribution < -0.4 is 5.73 Å². The average Bonchev–Trinajstić information content (AvgIpc) is 2.75. The molecule has 96 valence electrons. The van der Waals surface area contributed by atoms with Gasteiger partial charge in [0, 0.05) is 10.6 Å². The lowest BCUT2D eigenvalue weighted by Crippen LogP contribution is -2.26. The number of hydrogen-bond acceptors (Lipinski definition) is 4. The normalized spacial score (nSPS) is 13.6. The van der Waals surface area contributed by atoms with Crippen LogP contribution >= 0.6 is 11.6 Å². The van der Waals surface area contributed by atoms with E-state index in [1.807, 2.05) is 32.9 Å². The monoisotopic (exact) mass is 265 g/mol. The molecule has 2 N–H and O–H groups in total. The van der Waals surface area contributed by atoms with Crippen molar-refractivity contribution in [2.75, 3.05) is 0 Å². The van der Waals surface area contributed by atoms with Gasteiger partial charge in [-0.2, -0.15) is 4.98 Å². The second kappa shape index (κ2) is 4.71. The van der Waals surface area contributed by atoms with Crippen molar-refractivity contribution in [3.63, 3.8) is 0 Å². The van der Waals surface area contributed by atoms with Crippen molar-refractivity contribution in [1.82, 2.24) is 10.1 Å². The van der Waals surface area contributed by atoms with Gasteiger partial charge in [0.1, 0.15) is 0 Å². The number of nitrogens with two attached hydrogens (primary N) is 1. The van der Waals surface area contributed by atoms with E-state index in [4.69, 9.17) is 21.9 Å². The Morgan fingerprint density at radius 1 is 1.33 bits per heavy atom. The van der Waals surface area contributed by atoms with Gasteiger partial charge in [0.2, 0.25) is 11.7 Å². The first kappa shape index (κ1) is 13.1. The first-order valence-corrected chi connectivity index (χ1v) is 6.11. The number of aromatic nitrogens is 2. The lowest BCUT2D eigenvalue weighted by molar-refractivity contribution is 0.253. The summed E-state index contributed by atoms with van der Waals surface area (Å²) in [5.41, 5.74) is 6.76. The Hall–Kier alpha value is -1.39. The first-order valence-electron chi connectivity index (χ1n) is 5.73. The van der Waals surface area contributed by atoms with Gasteiger partial charge in [-0.3, -0.25) is 0 Å². The lowest BCUT2D eigenvalue weighted by Gasteiger charge is -2.23. The summed E-state index contributed by atoms with van der Waals surface area (Å²) in [6.07, 6.45) is 0. The van der Waals surface area contributed by atoms with E-state index < -0.39 is 0 Å². The number of halogens is 1. The minimum absolute atomic E-state index is 0.127. The SMILES string of the molecule is CC(C)(C)C(N)c1nc(-c2cccc(Cl)c2)no1. The fourth-order valence-corrected chi connectivity index (χ4v) is 1.67. The van der Waals surface area contributed by atoms with E-state index in [0.29, 0.717) is 16.7 Å². The molecule has 2 rings (SSSR count). The molecule has 1 heterocycles. The predicted molar refractivity (Wildman–Crippen MR) is 71.1 cm³/mol. The Kier molecular flexibility index (Phi) is 3.41. The molecule has 0 saturated carbocycles. The van der Waals surface area contributed by atoms with Crippen LogP contribution in [-0.4, -0.2) is 10.1 Å². The van der Waals surface area contributed by atoms with Crippen molar-refractivity contribution in [3.8, 4) is 11.4 Å². The zero-order chi connectivity index (χ0) is 13.3. The van der Waals surface area contributed by atoms with Crippen LogP contribution in [0.25, 0.3) is 11.4 Å². The van der Waals surface area contributed by atoms with Crippen molar-refractivity contribution < 1.29 is 4.52 Å². The largest absolute Gasteiger partial charge is 0.337 e. The smallest absolute Gasteiger partial charge is 0.244 e. The van der Waals surface area contributed by atoms with Crippen LogP contribution in [0.5, 0.6) is 0 Å². The summed E-state index contributed by atoms with van der Waals surface area (Å²) in [5, 5.41) is 4.58. The lowest BCUT2D eigenvalue weighted by atomic mass is 9.87. The van der Waals surface area contributed by atoms with Gasteiger partial charge in [0.25, 0.3) is 0 Å². The number of hydrogen-bond donors (Lipinski definition) is 1. The summed E-state index contributed by atoms with van der Waals surface area (Å²) in [4.78, 5) is 4.33. The maximum Gasteiger partial charge on any atom is 0.244 e. The molecule has 0 aliphatic rings. The van der Waals surface area contributed by atoms with Crippen LogP contribution in [0.4, 0.5) is 0 Å². The molecule has 0 bridgehead atoms. The Balaban J connectivity index is 2.31. The summed E-state index contributed by atoms with van der Waals surface area (Å²) in [5.74, 6) is 0.949. The molecule has 0 saturated heterocycles. The van der Waals surface area contributed by atoms with Gasteiger partial charge >= 0.3 is 0 Å². The van der Waals surface area contributed by atoms with Gasteiger partial charge in [-0.15, -0.1) is 0 Å². The summed E-state index contributed by atoms with van der Waals surface area (Å²) < 4.78 is 5.22. The fraction of sp³-hybridized carbons (Fsp3) is 0.385. The van der Waals surface area contributed by atoms with Crippen LogP contribution in [0.3, 0.4) is 0 Å². The maximum absolute atomic E-state index is 6.07. The van der Waals surface area contributed by atoms with Crippen molar-refractivity contribution in [2.24, 2.45) is 11.1 Å². The molecule has 1 aromatic carbocycles. The van der Waals surface area contributed by atoms with E-state index >= 15 is 0 Å². The van der Waals surface area contributed by atoms with Crippen LogP contribution in [0.2, 0.25) is 5.02 Å². The van der Waals surface area contributed by atoms with E-state index in [9.17, 15) is 0 Å². The Morgan fingerprint density at radius 2 is 2.06 bits per heavy atom. The third-order valence-corrected chi connectivity index (χ3v) is 2.96. The van der Waals surface area contributed by atoms with Crippen molar-refractivity contribution in [1.29, 1.82) is 0 Å². The molecule has 0 amide bonds. The van der Waals surface area contributed by atoms with Crippen molar-refractivity contribution >= 4 is 11.6 Å². The molecule has 1 atom stereocenters. The number of nitrogens with zero attached hydrogens (tertiary/aromatic N) is 2. The molecule has 18 heavy (non-hydrogen) atoms. The molecular formula is C13H16ClN3O. The van der Waals surface area contributed by atoms with Gasteiger partial charge < -0.3 is 10.3 Å². The average molecular weight is 266 g/mol.